The van der Waals surface area contributed by atoms with E-state index >= 15 is 0 Å². The van der Waals surface area contributed by atoms with E-state index in [0.717, 1.165) is 53.6 Å². The number of nitrogens with zero attached hydrogens (tertiary/aromatic N) is 3. The van der Waals surface area contributed by atoms with Crippen LogP contribution in [0.5, 0.6) is 0 Å². The number of carbonyl (C=O) groups is 1. The first-order valence-corrected chi connectivity index (χ1v) is 11.6. The molecule has 0 bridgehead atoms. The lowest BCUT2D eigenvalue weighted by molar-refractivity contribution is 0.246. The number of fused-ring (bicyclic) bond motifs is 1. The molecule has 0 atom stereocenters. The number of nitrogens with one attached hydrogen (secondary N) is 3. The maximum Gasteiger partial charge on any atom is 0.319 e. The zero-order chi connectivity index (χ0) is 22.8. The molecule has 1 fully saturated rings. The Morgan fingerprint density at radius 3 is 2.61 bits per heavy atom. The van der Waals surface area contributed by atoms with Crippen molar-refractivity contribution in [1.29, 1.82) is 0 Å². The Kier molecular flexibility index (Phi) is 5.77. The standard InChI is InChI=1S/C26H30N6O/c1-18(2)32-17-20(15-28-32)19-8-9-24-23(14-19)25(16-27-24)30-26(33)29-21-10-12-31(13-11-21)22-6-4-3-5-7-22/h3-9,14-18,21,27H,10-13H2,1-2H3,(H2,29,30,33). The van der Waals surface area contributed by atoms with E-state index in [1.54, 1.807) is 0 Å². The summed E-state index contributed by atoms with van der Waals surface area (Å²) in [4.78, 5) is 18.4. The largest absolute Gasteiger partial charge is 0.371 e. The molecule has 0 saturated carbocycles. The SMILES string of the molecule is CC(C)n1cc(-c2ccc3[nH]cc(NC(=O)NC4CCN(c5ccccc5)CC4)c3c2)cn1. The lowest BCUT2D eigenvalue weighted by Gasteiger charge is -2.33. The monoisotopic (exact) mass is 442 g/mol. The van der Waals surface area contributed by atoms with Crippen molar-refractivity contribution in [2.45, 2.75) is 38.8 Å². The molecule has 5 rings (SSSR count). The van der Waals surface area contributed by atoms with Crippen molar-refractivity contribution < 1.29 is 4.79 Å². The Hall–Kier alpha value is -3.74. The summed E-state index contributed by atoms with van der Waals surface area (Å²) in [6.07, 6.45) is 7.65. The van der Waals surface area contributed by atoms with Crippen molar-refractivity contribution in [2.75, 3.05) is 23.3 Å². The fourth-order valence-corrected chi connectivity index (χ4v) is 4.44. The molecule has 0 spiro atoms. The van der Waals surface area contributed by atoms with Crippen LogP contribution in [0.25, 0.3) is 22.0 Å². The molecular formula is C26H30N6O. The summed E-state index contributed by atoms with van der Waals surface area (Å²) >= 11 is 0. The molecule has 1 aliphatic rings. The van der Waals surface area contributed by atoms with E-state index in [2.05, 4.69) is 82.1 Å². The highest BCUT2D eigenvalue weighted by atomic mass is 16.2. The van der Waals surface area contributed by atoms with Crippen LogP contribution >= 0.6 is 0 Å². The molecule has 2 amide bonds. The van der Waals surface area contributed by atoms with E-state index < -0.39 is 0 Å². The molecule has 7 heteroatoms. The van der Waals surface area contributed by atoms with Crippen LogP contribution in [-0.4, -0.2) is 39.9 Å². The summed E-state index contributed by atoms with van der Waals surface area (Å²) in [7, 11) is 0. The van der Waals surface area contributed by atoms with Gasteiger partial charge in [-0.3, -0.25) is 4.68 Å². The van der Waals surface area contributed by atoms with Crippen LogP contribution in [0.4, 0.5) is 16.2 Å². The van der Waals surface area contributed by atoms with Gasteiger partial charge in [0.2, 0.25) is 0 Å². The number of hydrogen-bond acceptors (Lipinski definition) is 3. The molecule has 1 aliphatic heterocycles. The van der Waals surface area contributed by atoms with Crippen molar-refractivity contribution in [1.82, 2.24) is 20.1 Å². The van der Waals surface area contributed by atoms with E-state index in [4.69, 9.17) is 0 Å². The van der Waals surface area contributed by atoms with Gasteiger partial charge >= 0.3 is 6.03 Å². The predicted molar refractivity (Wildman–Crippen MR) is 134 cm³/mol. The van der Waals surface area contributed by atoms with Gasteiger partial charge in [-0.05, 0) is 56.5 Å². The average molecular weight is 443 g/mol. The van der Waals surface area contributed by atoms with Gasteiger partial charge < -0.3 is 20.5 Å². The summed E-state index contributed by atoms with van der Waals surface area (Å²) in [5, 5.41) is 11.6. The summed E-state index contributed by atoms with van der Waals surface area (Å²) in [5.74, 6) is 0. The number of hydrogen-bond donors (Lipinski definition) is 3. The van der Waals surface area contributed by atoms with Gasteiger partial charge in [0.15, 0.2) is 0 Å². The number of rotatable bonds is 5. The van der Waals surface area contributed by atoms with Gasteiger partial charge in [0.1, 0.15) is 0 Å². The second kappa shape index (κ2) is 9.02. The van der Waals surface area contributed by atoms with Gasteiger partial charge in [0.05, 0.1) is 11.9 Å². The van der Waals surface area contributed by atoms with Crippen molar-refractivity contribution in [2.24, 2.45) is 0 Å². The van der Waals surface area contributed by atoms with Crippen LogP contribution in [-0.2, 0) is 0 Å². The highest BCUT2D eigenvalue weighted by Crippen LogP contribution is 2.29. The van der Waals surface area contributed by atoms with Crippen LogP contribution in [0.2, 0.25) is 0 Å². The molecule has 2 aromatic carbocycles. The van der Waals surface area contributed by atoms with E-state index in [-0.39, 0.29) is 12.1 Å². The summed E-state index contributed by atoms with van der Waals surface area (Å²) in [6, 6.07) is 17.0. The molecule has 0 aliphatic carbocycles. The molecule has 0 radical (unpaired) electrons. The highest BCUT2D eigenvalue weighted by molar-refractivity contribution is 6.02. The predicted octanol–water partition coefficient (Wildman–Crippen LogP) is 5.40. The van der Waals surface area contributed by atoms with Gasteiger partial charge in [0, 0.05) is 59.7 Å². The van der Waals surface area contributed by atoms with Crippen molar-refractivity contribution >= 4 is 28.3 Å². The molecule has 0 unspecified atom stereocenters. The number of carbonyl (C=O) groups excluding carboxylic acids is 1. The minimum Gasteiger partial charge on any atom is -0.371 e. The van der Waals surface area contributed by atoms with Crippen molar-refractivity contribution in [3.8, 4) is 11.1 Å². The normalized spacial score (nSPS) is 14.7. The summed E-state index contributed by atoms with van der Waals surface area (Å²) < 4.78 is 1.95. The van der Waals surface area contributed by atoms with Crippen LogP contribution in [0.1, 0.15) is 32.7 Å². The van der Waals surface area contributed by atoms with Gasteiger partial charge in [-0.2, -0.15) is 5.10 Å². The zero-order valence-corrected chi connectivity index (χ0v) is 19.1. The van der Waals surface area contributed by atoms with Gasteiger partial charge in [0.25, 0.3) is 0 Å². The molecule has 1 saturated heterocycles. The number of piperidine rings is 1. The fourth-order valence-electron chi connectivity index (χ4n) is 4.44. The minimum absolute atomic E-state index is 0.160. The lowest BCUT2D eigenvalue weighted by atomic mass is 10.0. The Bertz CT molecular complexity index is 1230. The van der Waals surface area contributed by atoms with E-state index in [1.807, 2.05) is 29.2 Å². The van der Waals surface area contributed by atoms with E-state index in [0.29, 0.717) is 6.04 Å². The van der Waals surface area contributed by atoms with Crippen LogP contribution in [0.3, 0.4) is 0 Å². The molecular weight excluding hydrogens is 412 g/mol. The smallest absolute Gasteiger partial charge is 0.319 e. The van der Waals surface area contributed by atoms with Crippen LogP contribution in [0, 0.1) is 0 Å². The Morgan fingerprint density at radius 1 is 1.09 bits per heavy atom. The molecule has 3 N–H and O–H groups in total. The second-order valence-corrected chi connectivity index (χ2v) is 8.96. The highest BCUT2D eigenvalue weighted by Gasteiger charge is 2.21. The molecule has 3 heterocycles. The number of aromatic amines is 1. The molecule has 33 heavy (non-hydrogen) atoms. The Morgan fingerprint density at radius 2 is 1.88 bits per heavy atom. The summed E-state index contributed by atoms with van der Waals surface area (Å²) in [6.45, 7) is 6.10. The number of amides is 2. The second-order valence-electron chi connectivity index (χ2n) is 8.96. The van der Waals surface area contributed by atoms with Crippen molar-refractivity contribution in [3.63, 3.8) is 0 Å². The number of urea groups is 1. The molecule has 170 valence electrons. The van der Waals surface area contributed by atoms with Crippen LogP contribution < -0.4 is 15.5 Å². The Balaban J connectivity index is 1.23. The Labute approximate surface area is 193 Å². The van der Waals surface area contributed by atoms with Crippen LogP contribution in [0.15, 0.2) is 67.1 Å². The number of benzene rings is 2. The minimum atomic E-state index is -0.160. The maximum absolute atomic E-state index is 12.7. The quantitative estimate of drug-likeness (QED) is 0.387. The average Bonchev–Trinajstić information content (AvgIpc) is 3.48. The van der Waals surface area contributed by atoms with Gasteiger partial charge in [-0.25, -0.2) is 4.79 Å². The third kappa shape index (κ3) is 4.58. The molecule has 2 aromatic heterocycles. The fraction of sp³-hybridized carbons (Fsp3) is 0.308. The first-order valence-electron chi connectivity index (χ1n) is 11.6. The third-order valence-corrected chi connectivity index (χ3v) is 6.35. The number of anilines is 2. The molecule has 4 aromatic rings. The van der Waals surface area contributed by atoms with Gasteiger partial charge in [-0.1, -0.05) is 24.3 Å². The number of H-pyrrole nitrogens is 1. The van der Waals surface area contributed by atoms with E-state index in [1.165, 1.54) is 5.69 Å². The molecule has 7 nitrogen and oxygen atoms in total. The number of aromatic nitrogens is 3. The first-order chi connectivity index (χ1) is 16.1. The van der Waals surface area contributed by atoms with Crippen molar-refractivity contribution in [3.05, 3.63) is 67.1 Å². The third-order valence-electron chi connectivity index (χ3n) is 6.35. The summed E-state index contributed by atoms with van der Waals surface area (Å²) in [5.41, 5.74) is 5.15. The first kappa shape index (κ1) is 21.1. The topological polar surface area (TPSA) is 78.0 Å². The zero-order valence-electron chi connectivity index (χ0n) is 19.1. The lowest BCUT2D eigenvalue weighted by Crippen LogP contribution is -2.46. The maximum atomic E-state index is 12.7. The van der Waals surface area contributed by atoms with E-state index in [9.17, 15) is 4.79 Å². The number of para-hydroxylation sites is 1. The van der Waals surface area contributed by atoms with Gasteiger partial charge in [-0.15, -0.1) is 0 Å².